The highest BCUT2D eigenvalue weighted by atomic mass is 15.1. The zero-order valence-corrected chi connectivity index (χ0v) is 10.8. The average Bonchev–Trinajstić information content (AvgIpc) is 2.98. The molecule has 2 heterocycles. The molecule has 1 atom stereocenters. The van der Waals surface area contributed by atoms with Gasteiger partial charge < -0.3 is 9.88 Å². The molecule has 0 amide bonds. The minimum absolute atomic E-state index is 0.515. The molecular formula is C14H23N3. The van der Waals surface area contributed by atoms with E-state index < -0.39 is 0 Å². The van der Waals surface area contributed by atoms with Gasteiger partial charge in [0.2, 0.25) is 0 Å². The fraction of sp³-hybridized carbons (Fsp3) is 0.786. The summed E-state index contributed by atoms with van der Waals surface area (Å²) in [6, 6.07) is 0. The molecule has 3 heteroatoms. The summed E-state index contributed by atoms with van der Waals surface area (Å²) in [5, 5.41) is 3.45. The lowest BCUT2D eigenvalue weighted by Crippen LogP contribution is -2.21. The van der Waals surface area contributed by atoms with Crippen molar-refractivity contribution in [2.75, 3.05) is 13.1 Å². The van der Waals surface area contributed by atoms with E-state index in [0.29, 0.717) is 11.3 Å². The van der Waals surface area contributed by atoms with Gasteiger partial charge in [-0.1, -0.05) is 19.8 Å². The van der Waals surface area contributed by atoms with Gasteiger partial charge in [-0.05, 0) is 31.2 Å². The van der Waals surface area contributed by atoms with E-state index in [2.05, 4.69) is 28.0 Å². The van der Waals surface area contributed by atoms with E-state index in [1.807, 2.05) is 6.33 Å². The molecule has 1 N–H and O–H groups in total. The van der Waals surface area contributed by atoms with Crippen LogP contribution in [0.25, 0.3) is 0 Å². The predicted octanol–water partition coefficient (Wildman–Crippen LogP) is 2.54. The quantitative estimate of drug-likeness (QED) is 0.869. The van der Waals surface area contributed by atoms with Crippen LogP contribution in [0.1, 0.15) is 50.6 Å². The SMILES string of the molecule is CC1(Cn2cncc2C2CCNC2)CCCC1. The highest BCUT2D eigenvalue weighted by Crippen LogP contribution is 2.39. The minimum atomic E-state index is 0.515. The zero-order valence-electron chi connectivity index (χ0n) is 10.8. The van der Waals surface area contributed by atoms with Crippen LogP contribution in [0.3, 0.4) is 0 Å². The standard InChI is InChI=1S/C14H23N3/c1-14(5-2-3-6-14)10-17-11-16-9-13(17)12-4-7-15-8-12/h9,11-12,15H,2-8,10H2,1H3. The van der Waals surface area contributed by atoms with Crippen molar-refractivity contribution < 1.29 is 0 Å². The van der Waals surface area contributed by atoms with E-state index in [-0.39, 0.29) is 0 Å². The third kappa shape index (κ3) is 2.25. The molecule has 2 aliphatic rings. The summed E-state index contributed by atoms with van der Waals surface area (Å²) in [7, 11) is 0. The number of hydrogen-bond donors (Lipinski definition) is 1. The second-order valence-corrected chi connectivity index (χ2v) is 6.15. The molecule has 0 aromatic carbocycles. The second-order valence-electron chi connectivity index (χ2n) is 6.15. The fourth-order valence-electron chi connectivity index (χ4n) is 3.51. The Kier molecular flexibility index (Phi) is 2.95. The Labute approximate surface area is 104 Å². The van der Waals surface area contributed by atoms with E-state index in [0.717, 1.165) is 13.1 Å². The summed E-state index contributed by atoms with van der Waals surface area (Å²) in [5.74, 6) is 0.683. The Morgan fingerprint density at radius 2 is 2.29 bits per heavy atom. The molecule has 3 nitrogen and oxygen atoms in total. The fourth-order valence-corrected chi connectivity index (χ4v) is 3.51. The predicted molar refractivity (Wildman–Crippen MR) is 69.0 cm³/mol. The minimum Gasteiger partial charge on any atom is -0.334 e. The van der Waals surface area contributed by atoms with Gasteiger partial charge >= 0.3 is 0 Å². The first-order valence-corrected chi connectivity index (χ1v) is 6.98. The number of hydrogen-bond acceptors (Lipinski definition) is 2. The maximum absolute atomic E-state index is 4.38. The smallest absolute Gasteiger partial charge is 0.0948 e. The van der Waals surface area contributed by atoms with Gasteiger partial charge in [0.15, 0.2) is 0 Å². The van der Waals surface area contributed by atoms with E-state index in [1.165, 1.54) is 44.3 Å². The van der Waals surface area contributed by atoms with Gasteiger partial charge in [-0.15, -0.1) is 0 Å². The van der Waals surface area contributed by atoms with Crippen LogP contribution in [-0.2, 0) is 6.54 Å². The Morgan fingerprint density at radius 1 is 1.47 bits per heavy atom. The number of rotatable bonds is 3. The molecule has 1 aromatic heterocycles. The van der Waals surface area contributed by atoms with Gasteiger partial charge in [0, 0.05) is 30.9 Å². The van der Waals surface area contributed by atoms with Gasteiger partial charge in [0.05, 0.1) is 6.33 Å². The highest BCUT2D eigenvalue weighted by Gasteiger charge is 2.30. The molecule has 3 rings (SSSR count). The van der Waals surface area contributed by atoms with Crippen LogP contribution in [-0.4, -0.2) is 22.6 Å². The maximum atomic E-state index is 4.38. The number of nitrogens with zero attached hydrogens (tertiary/aromatic N) is 2. The summed E-state index contributed by atoms with van der Waals surface area (Å²) in [6.07, 6.45) is 11.0. The molecule has 0 spiro atoms. The third-order valence-electron chi connectivity index (χ3n) is 4.59. The van der Waals surface area contributed by atoms with Crippen molar-refractivity contribution in [3.63, 3.8) is 0 Å². The molecule has 17 heavy (non-hydrogen) atoms. The van der Waals surface area contributed by atoms with Crippen LogP contribution >= 0.6 is 0 Å². The van der Waals surface area contributed by atoms with Crippen LogP contribution in [0.4, 0.5) is 0 Å². The number of nitrogens with one attached hydrogen (secondary N) is 1. The monoisotopic (exact) mass is 233 g/mol. The van der Waals surface area contributed by atoms with Gasteiger partial charge in [-0.3, -0.25) is 0 Å². The molecule has 1 aliphatic carbocycles. The first kappa shape index (κ1) is 11.3. The van der Waals surface area contributed by atoms with Gasteiger partial charge in [-0.25, -0.2) is 4.98 Å². The van der Waals surface area contributed by atoms with Crippen LogP contribution < -0.4 is 5.32 Å². The topological polar surface area (TPSA) is 29.9 Å². The van der Waals surface area contributed by atoms with E-state index in [4.69, 9.17) is 0 Å². The highest BCUT2D eigenvalue weighted by molar-refractivity contribution is 5.10. The Balaban J connectivity index is 1.76. The van der Waals surface area contributed by atoms with Gasteiger partial charge in [0.1, 0.15) is 0 Å². The van der Waals surface area contributed by atoms with Crippen molar-refractivity contribution in [2.45, 2.75) is 51.5 Å². The molecule has 0 radical (unpaired) electrons. The summed E-state index contributed by atoms with van der Waals surface area (Å²) in [6.45, 7) is 5.89. The summed E-state index contributed by atoms with van der Waals surface area (Å²) < 4.78 is 2.42. The first-order valence-electron chi connectivity index (χ1n) is 6.98. The lowest BCUT2D eigenvalue weighted by molar-refractivity contribution is 0.276. The maximum Gasteiger partial charge on any atom is 0.0948 e. The molecule has 1 saturated carbocycles. The number of imidazole rings is 1. The molecule has 0 bridgehead atoms. The average molecular weight is 233 g/mol. The summed E-state index contributed by atoms with van der Waals surface area (Å²) in [5.41, 5.74) is 1.96. The third-order valence-corrected chi connectivity index (χ3v) is 4.59. The van der Waals surface area contributed by atoms with Crippen LogP contribution in [0.15, 0.2) is 12.5 Å². The molecule has 1 aliphatic heterocycles. The van der Waals surface area contributed by atoms with Gasteiger partial charge in [-0.2, -0.15) is 0 Å². The van der Waals surface area contributed by atoms with Crippen molar-refractivity contribution in [1.29, 1.82) is 0 Å². The van der Waals surface area contributed by atoms with Crippen molar-refractivity contribution in [3.05, 3.63) is 18.2 Å². The lowest BCUT2D eigenvalue weighted by Gasteiger charge is -2.26. The van der Waals surface area contributed by atoms with Crippen molar-refractivity contribution in [1.82, 2.24) is 14.9 Å². The van der Waals surface area contributed by atoms with Gasteiger partial charge in [0.25, 0.3) is 0 Å². The largest absolute Gasteiger partial charge is 0.334 e. The lowest BCUT2D eigenvalue weighted by atomic mass is 9.88. The van der Waals surface area contributed by atoms with E-state index >= 15 is 0 Å². The van der Waals surface area contributed by atoms with Crippen molar-refractivity contribution in [2.24, 2.45) is 5.41 Å². The Bertz CT molecular complexity index is 371. The van der Waals surface area contributed by atoms with Crippen molar-refractivity contribution in [3.8, 4) is 0 Å². The molecule has 2 fully saturated rings. The normalized spacial score (nSPS) is 27.7. The zero-order chi connectivity index (χ0) is 11.7. The first-order chi connectivity index (χ1) is 8.27. The van der Waals surface area contributed by atoms with Crippen LogP contribution in [0, 0.1) is 5.41 Å². The van der Waals surface area contributed by atoms with E-state index in [9.17, 15) is 0 Å². The second kappa shape index (κ2) is 4.45. The van der Waals surface area contributed by atoms with E-state index in [1.54, 1.807) is 0 Å². The summed E-state index contributed by atoms with van der Waals surface area (Å²) >= 11 is 0. The van der Waals surface area contributed by atoms with Crippen molar-refractivity contribution >= 4 is 0 Å². The molecule has 1 aromatic rings. The van der Waals surface area contributed by atoms with Crippen LogP contribution in [0.2, 0.25) is 0 Å². The molecule has 1 unspecified atom stereocenters. The molecule has 94 valence electrons. The Hall–Kier alpha value is -0.830. The number of aromatic nitrogens is 2. The van der Waals surface area contributed by atoms with Crippen LogP contribution in [0.5, 0.6) is 0 Å². The Morgan fingerprint density at radius 3 is 3.00 bits per heavy atom. The molecular weight excluding hydrogens is 210 g/mol. The molecule has 1 saturated heterocycles. The summed E-state index contributed by atoms with van der Waals surface area (Å²) in [4.78, 5) is 4.38.